The third-order valence-corrected chi connectivity index (χ3v) is 0.983. The molecule has 0 aliphatic carbocycles. The van der Waals surface area contributed by atoms with Crippen molar-refractivity contribution in [3.63, 3.8) is 0 Å². The van der Waals surface area contributed by atoms with Gasteiger partial charge in [-0.3, -0.25) is 0 Å². The van der Waals surface area contributed by atoms with Crippen LogP contribution in [0.15, 0.2) is 6.33 Å². The summed E-state index contributed by atoms with van der Waals surface area (Å²) in [6.45, 7) is 1.49. The molecule has 1 aromatic heterocycles. The first-order valence-corrected chi connectivity index (χ1v) is 2.84. The van der Waals surface area contributed by atoms with E-state index in [-0.39, 0.29) is 12.4 Å². The largest absolute Gasteiger partial charge is 0.330 e. The minimum atomic E-state index is 0. The molecule has 0 bridgehead atoms. The second kappa shape index (κ2) is 5.13. The maximum atomic E-state index is 5.26. The van der Waals surface area contributed by atoms with Gasteiger partial charge >= 0.3 is 0 Å². The number of hydrogen-bond donors (Lipinski definition) is 1. The molecule has 0 radical (unpaired) electrons. The van der Waals surface area contributed by atoms with E-state index in [9.17, 15) is 0 Å². The summed E-state index contributed by atoms with van der Waals surface area (Å²) < 4.78 is 1.66. The molecule has 0 saturated carbocycles. The molecule has 0 saturated heterocycles. The average Bonchev–Trinajstić information content (AvgIpc) is 2.34. The van der Waals surface area contributed by atoms with Gasteiger partial charge in [-0.15, -0.1) is 17.5 Å². The lowest BCUT2D eigenvalue weighted by atomic mass is 10.4. The number of aromatic nitrogens is 4. The lowest BCUT2D eigenvalue weighted by Gasteiger charge is -1.93. The first-order valence-electron chi connectivity index (χ1n) is 2.84. The average molecular weight is 164 g/mol. The Morgan fingerprint density at radius 1 is 1.50 bits per heavy atom. The van der Waals surface area contributed by atoms with Gasteiger partial charge in [0.05, 0.1) is 0 Å². The smallest absolute Gasteiger partial charge is 0.138 e. The molecule has 58 valence electrons. The van der Waals surface area contributed by atoms with Gasteiger partial charge in [-0.05, 0) is 23.4 Å². The van der Waals surface area contributed by atoms with Crippen molar-refractivity contribution in [1.29, 1.82) is 0 Å². The molecular weight excluding hydrogens is 154 g/mol. The fourth-order valence-electron chi connectivity index (χ4n) is 0.536. The van der Waals surface area contributed by atoms with E-state index in [0.717, 1.165) is 13.0 Å². The van der Waals surface area contributed by atoms with Gasteiger partial charge in [-0.2, -0.15) is 0 Å². The Labute approximate surface area is 65.0 Å². The molecule has 0 amide bonds. The van der Waals surface area contributed by atoms with E-state index in [4.69, 9.17) is 5.73 Å². The molecule has 0 fully saturated rings. The summed E-state index contributed by atoms with van der Waals surface area (Å²) in [6.07, 6.45) is 2.50. The van der Waals surface area contributed by atoms with Crippen LogP contribution in [-0.2, 0) is 6.54 Å². The van der Waals surface area contributed by atoms with Crippen LogP contribution in [0.5, 0.6) is 0 Å². The Kier molecular flexibility index (Phi) is 4.78. The van der Waals surface area contributed by atoms with Gasteiger partial charge in [0.15, 0.2) is 0 Å². The van der Waals surface area contributed by atoms with Gasteiger partial charge in [-0.1, -0.05) is 0 Å². The Morgan fingerprint density at radius 2 is 2.30 bits per heavy atom. The minimum absolute atomic E-state index is 0. The fourth-order valence-corrected chi connectivity index (χ4v) is 0.536. The second-order valence-corrected chi connectivity index (χ2v) is 1.72. The fraction of sp³-hybridized carbons (Fsp3) is 0.750. The quantitative estimate of drug-likeness (QED) is 0.649. The van der Waals surface area contributed by atoms with Crippen molar-refractivity contribution >= 4 is 12.4 Å². The summed E-state index contributed by atoms with van der Waals surface area (Å²) in [5, 5.41) is 10.6. The van der Waals surface area contributed by atoms with Gasteiger partial charge in [-0.25, -0.2) is 4.68 Å². The summed E-state index contributed by atoms with van der Waals surface area (Å²) in [4.78, 5) is 0. The molecule has 1 aromatic rings. The molecule has 2 N–H and O–H groups in total. The van der Waals surface area contributed by atoms with Crippen LogP contribution in [0.4, 0.5) is 0 Å². The monoisotopic (exact) mass is 163 g/mol. The van der Waals surface area contributed by atoms with Crippen LogP contribution in [0.3, 0.4) is 0 Å². The first-order chi connectivity index (χ1) is 4.43. The van der Waals surface area contributed by atoms with Gasteiger partial charge in [0.25, 0.3) is 0 Å². The molecule has 0 spiro atoms. The highest BCUT2D eigenvalue weighted by molar-refractivity contribution is 5.85. The molecule has 0 aliphatic rings. The van der Waals surface area contributed by atoms with E-state index < -0.39 is 0 Å². The molecule has 0 aliphatic heterocycles. The first kappa shape index (κ1) is 9.32. The van der Waals surface area contributed by atoms with Crippen LogP contribution in [0.2, 0.25) is 0 Å². The van der Waals surface area contributed by atoms with Crippen LogP contribution in [0.1, 0.15) is 6.42 Å². The van der Waals surface area contributed by atoms with Gasteiger partial charge in [0.1, 0.15) is 6.33 Å². The van der Waals surface area contributed by atoms with E-state index in [1.54, 1.807) is 11.0 Å². The van der Waals surface area contributed by atoms with Gasteiger partial charge < -0.3 is 5.73 Å². The molecular formula is C4H10ClN5. The SMILES string of the molecule is Cl.NCCCn1cnnn1. The molecule has 0 aromatic carbocycles. The summed E-state index contributed by atoms with van der Waals surface area (Å²) in [6, 6.07) is 0. The van der Waals surface area contributed by atoms with E-state index in [1.807, 2.05) is 0 Å². The standard InChI is InChI=1S/C4H9N5.ClH/c5-2-1-3-9-4-6-7-8-9;/h4H,1-3,5H2;1H. The number of nitrogens with zero attached hydrogens (tertiary/aromatic N) is 4. The third kappa shape index (κ3) is 2.75. The van der Waals surface area contributed by atoms with Crippen LogP contribution in [-0.4, -0.2) is 26.8 Å². The predicted octanol–water partition coefficient (Wildman–Crippen LogP) is -0.556. The molecule has 0 unspecified atom stereocenters. The maximum Gasteiger partial charge on any atom is 0.138 e. The van der Waals surface area contributed by atoms with Gasteiger partial charge in [0, 0.05) is 6.54 Å². The Hall–Kier alpha value is -0.680. The predicted molar refractivity (Wildman–Crippen MR) is 38.7 cm³/mol. The Balaban J connectivity index is 0.000000810. The maximum absolute atomic E-state index is 5.26. The molecule has 1 rings (SSSR count). The van der Waals surface area contributed by atoms with Crippen molar-refractivity contribution in [2.24, 2.45) is 5.73 Å². The lowest BCUT2D eigenvalue weighted by molar-refractivity contribution is 0.564. The van der Waals surface area contributed by atoms with Crippen LogP contribution >= 0.6 is 12.4 Å². The Bertz CT molecular complexity index is 151. The van der Waals surface area contributed by atoms with Crippen LogP contribution < -0.4 is 5.73 Å². The number of rotatable bonds is 3. The number of tetrazole rings is 1. The van der Waals surface area contributed by atoms with E-state index in [2.05, 4.69) is 15.5 Å². The second-order valence-electron chi connectivity index (χ2n) is 1.72. The zero-order valence-corrected chi connectivity index (χ0v) is 6.29. The number of hydrogen-bond acceptors (Lipinski definition) is 4. The minimum Gasteiger partial charge on any atom is -0.330 e. The normalized spacial score (nSPS) is 8.90. The van der Waals surface area contributed by atoms with Crippen molar-refractivity contribution in [3.05, 3.63) is 6.33 Å². The summed E-state index contributed by atoms with van der Waals surface area (Å²) >= 11 is 0. The van der Waals surface area contributed by atoms with E-state index in [1.165, 1.54) is 0 Å². The van der Waals surface area contributed by atoms with Gasteiger partial charge in [0.2, 0.25) is 0 Å². The highest BCUT2D eigenvalue weighted by Crippen LogP contribution is 1.80. The Morgan fingerprint density at radius 3 is 2.80 bits per heavy atom. The highest BCUT2D eigenvalue weighted by atomic mass is 35.5. The van der Waals surface area contributed by atoms with Crippen molar-refractivity contribution in [2.75, 3.05) is 6.54 Å². The summed E-state index contributed by atoms with van der Waals surface area (Å²) in [5.74, 6) is 0. The molecule has 5 nitrogen and oxygen atoms in total. The number of nitrogens with two attached hydrogens (primary N) is 1. The molecule has 6 heteroatoms. The van der Waals surface area contributed by atoms with E-state index in [0.29, 0.717) is 6.54 Å². The van der Waals surface area contributed by atoms with E-state index >= 15 is 0 Å². The molecule has 10 heavy (non-hydrogen) atoms. The highest BCUT2D eigenvalue weighted by Gasteiger charge is 1.88. The topological polar surface area (TPSA) is 69.6 Å². The molecule has 0 atom stereocenters. The third-order valence-electron chi connectivity index (χ3n) is 0.983. The zero-order chi connectivity index (χ0) is 6.53. The summed E-state index contributed by atoms with van der Waals surface area (Å²) in [5.41, 5.74) is 5.26. The van der Waals surface area contributed by atoms with Crippen molar-refractivity contribution in [3.8, 4) is 0 Å². The van der Waals surface area contributed by atoms with Crippen LogP contribution in [0, 0.1) is 0 Å². The zero-order valence-electron chi connectivity index (χ0n) is 5.47. The molecule has 1 heterocycles. The van der Waals surface area contributed by atoms with Crippen molar-refractivity contribution in [1.82, 2.24) is 20.2 Å². The van der Waals surface area contributed by atoms with Crippen LogP contribution in [0.25, 0.3) is 0 Å². The number of aryl methyl sites for hydroxylation is 1. The van der Waals surface area contributed by atoms with Crippen molar-refractivity contribution < 1.29 is 0 Å². The summed E-state index contributed by atoms with van der Waals surface area (Å²) in [7, 11) is 0. The lowest BCUT2D eigenvalue weighted by Crippen LogP contribution is -2.06. The van der Waals surface area contributed by atoms with Crippen molar-refractivity contribution in [2.45, 2.75) is 13.0 Å². The number of halogens is 1.